The van der Waals surface area contributed by atoms with Crippen molar-refractivity contribution < 1.29 is 9.32 Å². The van der Waals surface area contributed by atoms with Crippen LogP contribution in [0.5, 0.6) is 0 Å². The number of hydrogen-bond acceptors (Lipinski definition) is 4. The summed E-state index contributed by atoms with van der Waals surface area (Å²) in [5.41, 5.74) is 2.24. The summed E-state index contributed by atoms with van der Waals surface area (Å²) in [6, 6.07) is 19.5. The van der Waals surface area contributed by atoms with Crippen LogP contribution in [-0.2, 0) is 4.79 Å². The predicted octanol–water partition coefficient (Wildman–Crippen LogP) is 5.10. The minimum Gasteiger partial charge on any atom is -0.360 e. The quantitative estimate of drug-likeness (QED) is 0.654. The van der Waals surface area contributed by atoms with Crippen LogP contribution in [0.2, 0.25) is 5.02 Å². The van der Waals surface area contributed by atoms with Crippen LogP contribution in [0.3, 0.4) is 0 Å². The van der Waals surface area contributed by atoms with E-state index in [0.717, 1.165) is 11.1 Å². The van der Waals surface area contributed by atoms with Crippen molar-refractivity contribution in [2.75, 3.05) is 11.1 Å². The fourth-order valence-corrected chi connectivity index (χ4v) is 3.63. The molecule has 3 rings (SSSR count). The fraction of sp³-hybridized carbons (Fsp3) is 0.158. The average molecular weight is 373 g/mol. The zero-order chi connectivity index (χ0) is 17.6. The molecule has 2 aromatic carbocycles. The summed E-state index contributed by atoms with van der Waals surface area (Å²) in [4.78, 5) is 12.2. The van der Waals surface area contributed by atoms with Gasteiger partial charge in [-0.2, -0.15) is 0 Å². The third kappa shape index (κ3) is 4.87. The van der Waals surface area contributed by atoms with Crippen molar-refractivity contribution in [2.24, 2.45) is 0 Å². The third-order valence-electron chi connectivity index (χ3n) is 3.55. The highest BCUT2D eigenvalue weighted by Gasteiger charge is 2.17. The Morgan fingerprint density at radius 2 is 1.84 bits per heavy atom. The summed E-state index contributed by atoms with van der Waals surface area (Å²) >= 11 is 7.55. The van der Waals surface area contributed by atoms with Crippen molar-refractivity contribution in [1.29, 1.82) is 0 Å². The monoisotopic (exact) mass is 372 g/mol. The van der Waals surface area contributed by atoms with E-state index in [-0.39, 0.29) is 11.2 Å². The predicted molar refractivity (Wildman–Crippen MR) is 102 cm³/mol. The van der Waals surface area contributed by atoms with Gasteiger partial charge in [0, 0.05) is 11.1 Å². The van der Waals surface area contributed by atoms with E-state index in [1.165, 1.54) is 0 Å². The number of amides is 1. The maximum atomic E-state index is 12.2. The molecule has 0 aliphatic rings. The number of carbonyl (C=O) groups excluding carboxylic acids is 1. The number of rotatable bonds is 6. The highest BCUT2D eigenvalue weighted by atomic mass is 35.5. The van der Waals surface area contributed by atoms with E-state index in [0.29, 0.717) is 22.4 Å². The second-order valence-corrected chi connectivity index (χ2v) is 7.05. The van der Waals surface area contributed by atoms with E-state index in [1.54, 1.807) is 24.8 Å². The number of nitrogens with zero attached hydrogens (tertiary/aromatic N) is 1. The summed E-state index contributed by atoms with van der Waals surface area (Å²) in [6.45, 7) is 1.78. The molecular weight excluding hydrogens is 356 g/mol. The first-order chi connectivity index (χ1) is 12.1. The summed E-state index contributed by atoms with van der Waals surface area (Å²) in [7, 11) is 0. The van der Waals surface area contributed by atoms with Crippen LogP contribution in [0, 0.1) is 6.92 Å². The average Bonchev–Trinajstić information content (AvgIpc) is 3.02. The lowest BCUT2D eigenvalue weighted by Gasteiger charge is -2.17. The second kappa shape index (κ2) is 8.23. The molecule has 0 saturated carbocycles. The van der Waals surface area contributed by atoms with Crippen molar-refractivity contribution in [1.82, 2.24) is 5.16 Å². The molecule has 0 aliphatic carbocycles. The minimum atomic E-state index is -0.117. The van der Waals surface area contributed by atoms with Gasteiger partial charge in [0.25, 0.3) is 0 Å². The molecule has 6 heteroatoms. The van der Waals surface area contributed by atoms with Crippen LogP contribution >= 0.6 is 23.4 Å². The van der Waals surface area contributed by atoms with E-state index < -0.39 is 0 Å². The third-order valence-corrected chi connectivity index (χ3v) is 5.11. The Balaban J connectivity index is 1.71. The maximum Gasteiger partial charge on any atom is 0.235 e. The molecule has 0 aliphatic heterocycles. The number of carbonyl (C=O) groups is 1. The fourth-order valence-electron chi connectivity index (χ4n) is 2.41. The van der Waals surface area contributed by atoms with E-state index in [2.05, 4.69) is 22.6 Å². The van der Waals surface area contributed by atoms with Gasteiger partial charge >= 0.3 is 0 Å². The van der Waals surface area contributed by atoms with Gasteiger partial charge < -0.3 is 9.84 Å². The molecule has 4 nitrogen and oxygen atoms in total. The smallest absolute Gasteiger partial charge is 0.235 e. The molecule has 1 heterocycles. The van der Waals surface area contributed by atoms with Gasteiger partial charge in [-0.15, -0.1) is 11.8 Å². The van der Waals surface area contributed by atoms with Gasteiger partial charge in [0.15, 0.2) is 5.82 Å². The van der Waals surface area contributed by atoms with Gasteiger partial charge in [0.05, 0.1) is 11.0 Å². The van der Waals surface area contributed by atoms with E-state index in [9.17, 15) is 4.79 Å². The number of aromatic nitrogens is 1. The molecule has 128 valence electrons. The molecule has 0 spiro atoms. The minimum absolute atomic E-state index is 0.0447. The molecule has 0 fully saturated rings. The zero-order valence-electron chi connectivity index (χ0n) is 13.6. The van der Waals surface area contributed by atoms with Gasteiger partial charge in [-0.3, -0.25) is 4.79 Å². The van der Waals surface area contributed by atoms with Gasteiger partial charge in [-0.05, 0) is 30.2 Å². The van der Waals surface area contributed by atoms with Gasteiger partial charge in [0.1, 0.15) is 5.76 Å². The van der Waals surface area contributed by atoms with E-state index >= 15 is 0 Å². The Kier molecular flexibility index (Phi) is 5.79. The molecule has 1 atom stereocenters. The Bertz CT molecular complexity index is 834. The Hall–Kier alpha value is -2.24. The number of benzene rings is 2. The van der Waals surface area contributed by atoms with Crippen LogP contribution in [-0.4, -0.2) is 16.8 Å². The van der Waals surface area contributed by atoms with Crippen LogP contribution in [0.25, 0.3) is 0 Å². The van der Waals surface area contributed by atoms with E-state index in [1.807, 2.05) is 42.5 Å². The first-order valence-electron chi connectivity index (χ1n) is 7.77. The van der Waals surface area contributed by atoms with Crippen LogP contribution in [0.1, 0.15) is 22.1 Å². The Labute approximate surface area is 155 Å². The molecule has 0 radical (unpaired) electrons. The molecule has 1 N–H and O–H groups in total. The molecule has 0 bridgehead atoms. The van der Waals surface area contributed by atoms with Gasteiger partial charge in [-0.1, -0.05) is 59.2 Å². The summed E-state index contributed by atoms with van der Waals surface area (Å²) in [5.74, 6) is 1.28. The van der Waals surface area contributed by atoms with Crippen LogP contribution in [0.15, 0.2) is 65.2 Å². The number of thioether (sulfide) groups is 1. The molecule has 1 unspecified atom stereocenters. The normalized spacial score (nSPS) is 11.9. The van der Waals surface area contributed by atoms with Crippen molar-refractivity contribution in [3.05, 3.63) is 82.6 Å². The summed E-state index contributed by atoms with van der Waals surface area (Å²) in [6.07, 6.45) is 0. The first kappa shape index (κ1) is 17.6. The SMILES string of the molecule is Cc1cc(NC(=O)CSC(c2ccccc2)c2ccc(Cl)cc2)no1. The maximum absolute atomic E-state index is 12.2. The molecule has 0 saturated heterocycles. The van der Waals surface area contributed by atoms with Crippen LogP contribution < -0.4 is 5.32 Å². The topological polar surface area (TPSA) is 55.1 Å². The largest absolute Gasteiger partial charge is 0.360 e. The second-order valence-electron chi connectivity index (χ2n) is 5.52. The van der Waals surface area contributed by atoms with Gasteiger partial charge in [0.2, 0.25) is 5.91 Å². The first-order valence-corrected chi connectivity index (χ1v) is 9.19. The van der Waals surface area contributed by atoms with Crippen molar-refractivity contribution in [2.45, 2.75) is 12.2 Å². The Morgan fingerprint density at radius 3 is 2.48 bits per heavy atom. The standard InChI is InChI=1S/C19H17ClN2O2S/c1-13-11-17(22-24-13)21-18(23)12-25-19(14-5-3-2-4-6-14)15-7-9-16(20)10-8-15/h2-11,19H,12H2,1H3,(H,21,22,23). The molecule has 3 aromatic rings. The summed E-state index contributed by atoms with van der Waals surface area (Å²) in [5, 5.41) is 7.26. The number of hydrogen-bond donors (Lipinski definition) is 1. The van der Waals surface area contributed by atoms with Gasteiger partial charge in [-0.25, -0.2) is 0 Å². The highest BCUT2D eigenvalue weighted by molar-refractivity contribution is 8.00. The number of aryl methyl sites for hydroxylation is 1. The van der Waals surface area contributed by atoms with Crippen molar-refractivity contribution in [3.8, 4) is 0 Å². The molecule has 1 amide bonds. The lowest BCUT2D eigenvalue weighted by Crippen LogP contribution is -2.15. The van der Waals surface area contributed by atoms with Crippen molar-refractivity contribution >= 4 is 35.1 Å². The Morgan fingerprint density at radius 1 is 1.16 bits per heavy atom. The number of halogens is 1. The van der Waals surface area contributed by atoms with E-state index in [4.69, 9.17) is 16.1 Å². The highest BCUT2D eigenvalue weighted by Crippen LogP contribution is 2.36. The molecular formula is C19H17ClN2O2S. The zero-order valence-corrected chi connectivity index (χ0v) is 15.2. The van der Waals surface area contributed by atoms with Crippen LogP contribution in [0.4, 0.5) is 5.82 Å². The lowest BCUT2D eigenvalue weighted by atomic mass is 10.0. The number of nitrogens with one attached hydrogen (secondary N) is 1. The summed E-state index contributed by atoms with van der Waals surface area (Å²) < 4.78 is 4.96. The lowest BCUT2D eigenvalue weighted by molar-refractivity contribution is -0.113. The molecule has 25 heavy (non-hydrogen) atoms. The van der Waals surface area contributed by atoms with Crippen molar-refractivity contribution in [3.63, 3.8) is 0 Å². The molecule has 1 aromatic heterocycles. The number of anilines is 1.